The average molecular weight is 244 g/mol. The van der Waals surface area contributed by atoms with Crippen molar-refractivity contribution in [1.82, 2.24) is 9.61 Å². The van der Waals surface area contributed by atoms with Gasteiger partial charge >= 0.3 is 0 Å². The number of Topliss-reactive ketones (excluding diaryl/α,β-unsaturated/α-hetero) is 1. The Labute approximate surface area is 108 Å². The van der Waals surface area contributed by atoms with E-state index < -0.39 is 0 Å². The number of ketones is 1. The molecule has 0 bridgehead atoms. The summed E-state index contributed by atoms with van der Waals surface area (Å²) in [6, 6.07) is 5.85. The molecule has 0 aliphatic rings. The lowest BCUT2D eigenvalue weighted by Gasteiger charge is -2.09. The van der Waals surface area contributed by atoms with Gasteiger partial charge in [0.25, 0.3) is 0 Å². The van der Waals surface area contributed by atoms with Crippen LogP contribution >= 0.6 is 0 Å². The first-order chi connectivity index (χ1) is 8.56. The van der Waals surface area contributed by atoms with Crippen LogP contribution in [0.25, 0.3) is 5.52 Å². The van der Waals surface area contributed by atoms with Crippen molar-refractivity contribution >= 4 is 11.3 Å². The highest BCUT2D eigenvalue weighted by Gasteiger charge is 2.24. The first-order valence-electron chi connectivity index (χ1n) is 6.57. The number of nitrogens with zero attached hydrogens (tertiary/aromatic N) is 2. The quantitative estimate of drug-likeness (QED) is 0.769. The third-order valence-corrected chi connectivity index (χ3v) is 3.42. The van der Waals surface area contributed by atoms with Crippen LogP contribution in [0.2, 0.25) is 0 Å². The fourth-order valence-corrected chi connectivity index (χ4v) is 2.11. The zero-order valence-electron chi connectivity index (χ0n) is 11.5. The molecule has 0 saturated heterocycles. The summed E-state index contributed by atoms with van der Waals surface area (Å²) in [5.74, 6) is 0.519. The van der Waals surface area contributed by atoms with Gasteiger partial charge < -0.3 is 0 Å². The van der Waals surface area contributed by atoms with Gasteiger partial charge in [-0.2, -0.15) is 5.10 Å². The minimum absolute atomic E-state index is 0.0516. The van der Waals surface area contributed by atoms with Gasteiger partial charge in [0.1, 0.15) is 0 Å². The molecule has 1 atom stereocenters. The van der Waals surface area contributed by atoms with Crippen molar-refractivity contribution in [3.8, 4) is 0 Å². The Morgan fingerprint density at radius 2 is 2.06 bits per heavy atom. The maximum absolute atomic E-state index is 12.5. The van der Waals surface area contributed by atoms with Crippen molar-refractivity contribution in [2.45, 2.75) is 40.0 Å². The molecular weight excluding hydrogens is 224 g/mol. The summed E-state index contributed by atoms with van der Waals surface area (Å²) in [4.78, 5) is 12.5. The molecule has 0 aromatic carbocycles. The van der Waals surface area contributed by atoms with Gasteiger partial charge in [0.2, 0.25) is 0 Å². The molecule has 2 heterocycles. The highest BCUT2D eigenvalue weighted by atomic mass is 16.1. The molecule has 0 fully saturated rings. The summed E-state index contributed by atoms with van der Waals surface area (Å²) in [5, 5.41) is 4.55. The van der Waals surface area contributed by atoms with Crippen molar-refractivity contribution in [3.05, 3.63) is 35.7 Å². The van der Waals surface area contributed by atoms with Gasteiger partial charge in [0.05, 0.1) is 16.8 Å². The highest BCUT2D eigenvalue weighted by molar-refractivity contribution is 6.04. The van der Waals surface area contributed by atoms with Crippen LogP contribution in [-0.4, -0.2) is 15.4 Å². The highest BCUT2D eigenvalue weighted by Crippen LogP contribution is 2.26. The van der Waals surface area contributed by atoms with Gasteiger partial charge in [-0.1, -0.05) is 33.8 Å². The van der Waals surface area contributed by atoms with Gasteiger partial charge in [-0.15, -0.1) is 0 Å². The van der Waals surface area contributed by atoms with E-state index in [4.69, 9.17) is 0 Å². The lowest BCUT2D eigenvalue weighted by molar-refractivity contribution is 0.0927. The molecule has 2 rings (SSSR count). The van der Waals surface area contributed by atoms with Crippen LogP contribution in [0, 0.1) is 5.92 Å². The molecule has 0 saturated carbocycles. The first-order valence-corrected chi connectivity index (χ1v) is 6.57. The second kappa shape index (κ2) is 4.92. The summed E-state index contributed by atoms with van der Waals surface area (Å²) in [5.41, 5.74) is 2.64. The number of hydrogen-bond acceptors (Lipinski definition) is 2. The Morgan fingerprint density at radius 3 is 2.67 bits per heavy atom. The van der Waals surface area contributed by atoms with Gasteiger partial charge in [0, 0.05) is 12.1 Å². The van der Waals surface area contributed by atoms with Crippen LogP contribution in [0.1, 0.15) is 56.1 Å². The van der Waals surface area contributed by atoms with Gasteiger partial charge in [-0.25, -0.2) is 4.52 Å². The molecule has 0 N–H and O–H groups in total. The van der Waals surface area contributed by atoms with Crippen LogP contribution < -0.4 is 0 Å². The summed E-state index contributed by atoms with van der Waals surface area (Å²) in [6.45, 7) is 8.19. The van der Waals surface area contributed by atoms with E-state index in [1.54, 1.807) is 0 Å². The number of rotatable bonds is 4. The predicted octanol–water partition coefficient (Wildman–Crippen LogP) is 3.69. The van der Waals surface area contributed by atoms with Gasteiger partial charge in [-0.3, -0.25) is 4.79 Å². The fraction of sp³-hybridized carbons (Fsp3) is 0.467. The van der Waals surface area contributed by atoms with Crippen LogP contribution in [0.5, 0.6) is 0 Å². The van der Waals surface area contributed by atoms with Crippen LogP contribution in [-0.2, 0) is 0 Å². The van der Waals surface area contributed by atoms with Crippen molar-refractivity contribution < 1.29 is 4.79 Å². The van der Waals surface area contributed by atoms with E-state index in [-0.39, 0.29) is 17.6 Å². The minimum atomic E-state index is 0.0516. The molecule has 0 aliphatic carbocycles. The number of pyridine rings is 1. The Morgan fingerprint density at radius 1 is 1.33 bits per heavy atom. The Hall–Kier alpha value is -1.64. The zero-order valence-corrected chi connectivity index (χ0v) is 11.5. The predicted molar refractivity (Wildman–Crippen MR) is 73.1 cm³/mol. The summed E-state index contributed by atoms with van der Waals surface area (Å²) in [7, 11) is 0. The maximum Gasteiger partial charge on any atom is 0.169 e. The monoisotopic (exact) mass is 244 g/mol. The zero-order chi connectivity index (χ0) is 13.3. The van der Waals surface area contributed by atoms with Crippen molar-refractivity contribution in [1.29, 1.82) is 0 Å². The molecule has 0 aliphatic heterocycles. The van der Waals surface area contributed by atoms with E-state index in [2.05, 4.69) is 18.9 Å². The molecule has 96 valence electrons. The molecule has 18 heavy (non-hydrogen) atoms. The summed E-state index contributed by atoms with van der Waals surface area (Å²) >= 11 is 0. The Kier molecular flexibility index (Phi) is 3.50. The molecule has 3 heteroatoms. The van der Waals surface area contributed by atoms with E-state index in [1.165, 1.54) is 0 Å². The Balaban J connectivity index is 2.65. The number of hydrogen-bond donors (Lipinski definition) is 0. The molecule has 0 radical (unpaired) electrons. The smallest absolute Gasteiger partial charge is 0.169 e. The van der Waals surface area contributed by atoms with Crippen molar-refractivity contribution in [2.24, 2.45) is 5.92 Å². The minimum Gasteiger partial charge on any atom is -0.294 e. The lowest BCUT2D eigenvalue weighted by Crippen LogP contribution is -2.12. The van der Waals surface area contributed by atoms with E-state index in [9.17, 15) is 4.79 Å². The number of aromatic nitrogens is 2. The second-order valence-electron chi connectivity index (χ2n) is 5.12. The van der Waals surface area contributed by atoms with E-state index in [0.29, 0.717) is 0 Å². The average Bonchev–Trinajstić information content (AvgIpc) is 2.76. The standard InChI is InChI=1S/C15H20N2O/c1-5-11(4)15(18)13-12-8-6-7-9-17(12)16-14(13)10(2)3/h6-11H,5H2,1-4H3. The number of carbonyl (C=O) groups is 1. The van der Waals surface area contributed by atoms with E-state index in [0.717, 1.165) is 23.2 Å². The molecular formula is C15H20N2O. The molecule has 3 nitrogen and oxygen atoms in total. The molecule has 2 aromatic rings. The topological polar surface area (TPSA) is 34.4 Å². The van der Waals surface area contributed by atoms with Crippen LogP contribution in [0.4, 0.5) is 0 Å². The lowest BCUT2D eigenvalue weighted by atomic mass is 9.93. The molecule has 2 aromatic heterocycles. The number of fused-ring (bicyclic) bond motifs is 1. The Bertz CT molecular complexity index is 569. The SMILES string of the molecule is CCC(C)C(=O)c1c(C(C)C)nn2ccccc12. The van der Waals surface area contributed by atoms with Gasteiger partial charge in [-0.05, 0) is 24.5 Å². The van der Waals surface area contributed by atoms with E-state index in [1.807, 2.05) is 42.8 Å². The normalized spacial score (nSPS) is 13.2. The fourth-order valence-electron chi connectivity index (χ4n) is 2.11. The third-order valence-electron chi connectivity index (χ3n) is 3.42. The van der Waals surface area contributed by atoms with Crippen molar-refractivity contribution in [3.63, 3.8) is 0 Å². The van der Waals surface area contributed by atoms with E-state index >= 15 is 0 Å². The van der Waals surface area contributed by atoms with Crippen molar-refractivity contribution in [2.75, 3.05) is 0 Å². The maximum atomic E-state index is 12.5. The number of carbonyl (C=O) groups excluding carboxylic acids is 1. The second-order valence-corrected chi connectivity index (χ2v) is 5.12. The van der Waals surface area contributed by atoms with Crippen LogP contribution in [0.15, 0.2) is 24.4 Å². The van der Waals surface area contributed by atoms with Gasteiger partial charge in [0.15, 0.2) is 5.78 Å². The molecule has 1 unspecified atom stereocenters. The summed E-state index contributed by atoms with van der Waals surface area (Å²) in [6.07, 6.45) is 2.76. The first kappa shape index (κ1) is 12.8. The molecule has 0 spiro atoms. The largest absolute Gasteiger partial charge is 0.294 e. The summed E-state index contributed by atoms with van der Waals surface area (Å²) < 4.78 is 1.81. The molecule has 0 amide bonds. The third kappa shape index (κ3) is 2.05. The van der Waals surface area contributed by atoms with Crippen LogP contribution in [0.3, 0.4) is 0 Å².